The van der Waals surface area contributed by atoms with Gasteiger partial charge in [0, 0.05) is 11.6 Å². The zero-order chi connectivity index (χ0) is 17.1. The summed E-state index contributed by atoms with van der Waals surface area (Å²) in [5.41, 5.74) is 0.766. The normalized spacial score (nSPS) is 15.8. The lowest BCUT2D eigenvalue weighted by atomic mass is 10.1. The average molecular weight is 338 g/mol. The molecule has 1 aromatic heterocycles. The second-order valence-electron chi connectivity index (χ2n) is 4.90. The van der Waals surface area contributed by atoms with Gasteiger partial charge in [-0.15, -0.1) is 0 Å². The molecule has 0 bridgehead atoms. The molecule has 1 aliphatic rings. The van der Waals surface area contributed by atoms with E-state index in [4.69, 9.17) is 9.68 Å². The van der Waals surface area contributed by atoms with Crippen LogP contribution in [0, 0.1) is 11.3 Å². The molecule has 0 unspecified atom stereocenters. The smallest absolute Gasteiger partial charge is 0.293 e. The van der Waals surface area contributed by atoms with E-state index in [1.165, 1.54) is 36.6 Å². The Labute approximate surface area is 141 Å². The predicted molar refractivity (Wildman–Crippen MR) is 86.9 cm³/mol. The summed E-state index contributed by atoms with van der Waals surface area (Å²) in [6.45, 7) is -0.341. The zero-order valence-electron chi connectivity index (χ0n) is 12.3. The van der Waals surface area contributed by atoms with Gasteiger partial charge in [0.2, 0.25) is 0 Å². The van der Waals surface area contributed by atoms with Crippen LogP contribution in [0.1, 0.15) is 21.7 Å². The van der Waals surface area contributed by atoms with E-state index >= 15 is 0 Å². The van der Waals surface area contributed by atoms with Crippen molar-refractivity contribution in [2.75, 3.05) is 6.54 Å². The average Bonchev–Trinajstić information content (AvgIpc) is 3.19. The van der Waals surface area contributed by atoms with Gasteiger partial charge in [0.15, 0.2) is 5.78 Å². The molecule has 0 spiro atoms. The van der Waals surface area contributed by atoms with Crippen molar-refractivity contribution >= 4 is 34.8 Å². The van der Waals surface area contributed by atoms with Gasteiger partial charge in [-0.25, -0.2) is 0 Å². The molecule has 6 nitrogen and oxygen atoms in total. The summed E-state index contributed by atoms with van der Waals surface area (Å²) in [6.07, 6.45) is 2.93. The second kappa shape index (κ2) is 6.56. The molecule has 1 fully saturated rings. The van der Waals surface area contributed by atoms with Crippen LogP contribution >= 0.6 is 11.8 Å². The van der Waals surface area contributed by atoms with Gasteiger partial charge in [0.1, 0.15) is 5.76 Å². The summed E-state index contributed by atoms with van der Waals surface area (Å²) in [6, 6.07) is 11.3. The molecule has 24 heavy (non-hydrogen) atoms. The lowest BCUT2D eigenvalue weighted by Crippen LogP contribution is -2.33. The van der Waals surface area contributed by atoms with Crippen LogP contribution in [0.3, 0.4) is 0 Å². The molecule has 118 valence electrons. The number of hydrogen-bond acceptors (Lipinski definition) is 6. The number of carbonyl (C=O) groups excluding carboxylic acids is 3. The standard InChI is InChI=1S/C17H10N2O4S/c18-9-11-3-5-12(6-4-11)14(20)10-19-16(21)15(24-17(19)22)8-13-2-1-7-23-13/h1-8H,10H2/b15-8-. The monoisotopic (exact) mass is 338 g/mol. The third-order valence-corrected chi connectivity index (χ3v) is 4.24. The fraction of sp³-hybridized carbons (Fsp3) is 0.0588. The maximum absolute atomic E-state index is 12.3. The van der Waals surface area contributed by atoms with Crippen molar-refractivity contribution in [3.8, 4) is 6.07 Å². The minimum atomic E-state index is -0.525. The third kappa shape index (κ3) is 3.14. The first-order valence-corrected chi connectivity index (χ1v) is 7.72. The first-order valence-electron chi connectivity index (χ1n) is 6.91. The molecule has 0 N–H and O–H groups in total. The van der Waals surface area contributed by atoms with E-state index in [-0.39, 0.29) is 17.2 Å². The number of hydrogen-bond donors (Lipinski definition) is 0. The highest BCUT2D eigenvalue weighted by molar-refractivity contribution is 8.18. The Morgan fingerprint density at radius 1 is 1.25 bits per heavy atom. The topological polar surface area (TPSA) is 91.4 Å². The summed E-state index contributed by atoms with van der Waals surface area (Å²) in [5.74, 6) is -0.441. The predicted octanol–water partition coefficient (Wildman–Crippen LogP) is 3.07. The maximum atomic E-state index is 12.3. The highest BCUT2D eigenvalue weighted by atomic mass is 32.2. The Hall–Kier alpha value is -3.11. The number of furan rings is 1. The van der Waals surface area contributed by atoms with Crippen molar-refractivity contribution in [1.29, 1.82) is 5.26 Å². The zero-order valence-corrected chi connectivity index (χ0v) is 13.1. The summed E-state index contributed by atoms with van der Waals surface area (Å²) < 4.78 is 5.12. The molecule has 1 aromatic carbocycles. The van der Waals surface area contributed by atoms with Crippen LogP contribution in [0.2, 0.25) is 0 Å². The number of thioether (sulfide) groups is 1. The minimum absolute atomic E-state index is 0.211. The largest absolute Gasteiger partial charge is 0.465 e. The van der Waals surface area contributed by atoms with Crippen LogP contribution in [-0.2, 0) is 4.79 Å². The van der Waals surface area contributed by atoms with Crippen LogP contribution in [0.15, 0.2) is 52.0 Å². The molecule has 0 atom stereocenters. The molecule has 7 heteroatoms. The van der Waals surface area contributed by atoms with Gasteiger partial charge in [-0.3, -0.25) is 19.3 Å². The molecule has 0 aliphatic carbocycles. The number of carbonyl (C=O) groups is 3. The quantitative estimate of drug-likeness (QED) is 0.628. The number of amides is 2. The fourth-order valence-electron chi connectivity index (χ4n) is 2.10. The van der Waals surface area contributed by atoms with Gasteiger partial charge in [-0.1, -0.05) is 12.1 Å². The first-order chi connectivity index (χ1) is 11.6. The van der Waals surface area contributed by atoms with E-state index < -0.39 is 11.1 Å². The number of nitriles is 1. The van der Waals surface area contributed by atoms with Gasteiger partial charge >= 0.3 is 0 Å². The molecule has 3 rings (SSSR count). The van der Waals surface area contributed by atoms with Crippen molar-refractivity contribution in [3.63, 3.8) is 0 Å². The van der Waals surface area contributed by atoms with Crippen LogP contribution in [0.4, 0.5) is 4.79 Å². The van der Waals surface area contributed by atoms with E-state index in [1.54, 1.807) is 12.1 Å². The van der Waals surface area contributed by atoms with Crippen LogP contribution in [0.25, 0.3) is 6.08 Å². The molecular formula is C17H10N2O4S. The molecular weight excluding hydrogens is 328 g/mol. The van der Waals surface area contributed by atoms with Crippen LogP contribution in [0.5, 0.6) is 0 Å². The number of rotatable bonds is 4. The number of Topliss-reactive ketones (excluding diaryl/α,β-unsaturated/α-hetero) is 1. The van der Waals surface area contributed by atoms with Crippen molar-refractivity contribution in [2.24, 2.45) is 0 Å². The molecule has 2 heterocycles. The second-order valence-corrected chi connectivity index (χ2v) is 5.89. The van der Waals surface area contributed by atoms with Crippen LogP contribution in [-0.4, -0.2) is 28.4 Å². The Balaban J connectivity index is 1.75. The van der Waals surface area contributed by atoms with E-state index in [0.717, 1.165) is 16.7 Å². The Bertz CT molecular complexity index is 876. The number of ketones is 1. The van der Waals surface area contributed by atoms with Crippen molar-refractivity contribution in [3.05, 3.63) is 64.5 Å². The summed E-state index contributed by atoms with van der Waals surface area (Å²) in [4.78, 5) is 37.6. The molecule has 1 aliphatic heterocycles. The SMILES string of the molecule is N#Cc1ccc(C(=O)CN2C(=O)S/C(=C\c3ccco3)C2=O)cc1. The number of imide groups is 1. The number of benzene rings is 1. The Morgan fingerprint density at radius 3 is 2.62 bits per heavy atom. The van der Waals surface area contributed by atoms with E-state index in [1.807, 2.05) is 6.07 Å². The van der Waals surface area contributed by atoms with E-state index in [2.05, 4.69) is 0 Å². The van der Waals surface area contributed by atoms with Crippen molar-refractivity contribution < 1.29 is 18.8 Å². The van der Waals surface area contributed by atoms with Crippen LogP contribution < -0.4 is 0 Å². The summed E-state index contributed by atoms with van der Waals surface area (Å²) >= 11 is 0.767. The van der Waals surface area contributed by atoms with Crippen molar-refractivity contribution in [1.82, 2.24) is 4.90 Å². The highest BCUT2D eigenvalue weighted by Gasteiger charge is 2.36. The van der Waals surface area contributed by atoms with Gasteiger partial charge < -0.3 is 4.42 Å². The Kier molecular flexibility index (Phi) is 4.31. The first kappa shape index (κ1) is 15.8. The van der Waals surface area contributed by atoms with Gasteiger partial charge in [0.05, 0.1) is 29.3 Å². The summed E-state index contributed by atoms with van der Waals surface area (Å²) in [5, 5.41) is 8.25. The lowest BCUT2D eigenvalue weighted by Gasteiger charge is -2.11. The molecule has 0 radical (unpaired) electrons. The van der Waals surface area contributed by atoms with E-state index in [0.29, 0.717) is 16.9 Å². The molecule has 0 saturated carbocycles. The van der Waals surface area contributed by atoms with Gasteiger partial charge in [0.25, 0.3) is 11.1 Å². The van der Waals surface area contributed by atoms with Gasteiger partial charge in [-0.05, 0) is 36.0 Å². The van der Waals surface area contributed by atoms with Crippen molar-refractivity contribution in [2.45, 2.75) is 0 Å². The lowest BCUT2D eigenvalue weighted by molar-refractivity contribution is -0.122. The van der Waals surface area contributed by atoms with Gasteiger partial charge in [-0.2, -0.15) is 5.26 Å². The minimum Gasteiger partial charge on any atom is -0.465 e. The highest BCUT2D eigenvalue weighted by Crippen LogP contribution is 2.32. The molecule has 1 saturated heterocycles. The maximum Gasteiger partial charge on any atom is 0.293 e. The van der Waals surface area contributed by atoms with E-state index in [9.17, 15) is 14.4 Å². The molecule has 2 amide bonds. The molecule has 2 aromatic rings. The Morgan fingerprint density at radius 2 is 2.00 bits per heavy atom. The fourth-order valence-corrected chi connectivity index (χ4v) is 2.92. The number of nitrogens with zero attached hydrogens (tertiary/aromatic N) is 2. The third-order valence-electron chi connectivity index (χ3n) is 3.33. The summed E-state index contributed by atoms with van der Waals surface area (Å²) in [7, 11) is 0.